The lowest BCUT2D eigenvalue weighted by Crippen LogP contribution is -2.11. The molecular formula is C9H10ClF2NO3S. The molecule has 96 valence electrons. The summed E-state index contributed by atoms with van der Waals surface area (Å²) in [6.45, 7) is -3.30. The Kier molecular flexibility index (Phi) is 4.29. The second-order valence-corrected chi connectivity index (χ2v) is 5.67. The van der Waals surface area contributed by atoms with E-state index in [1.807, 2.05) is 0 Å². The third-order valence-corrected chi connectivity index (χ3v) is 3.24. The number of halogens is 3. The molecule has 0 saturated carbocycles. The zero-order chi connectivity index (χ0) is 13.2. The van der Waals surface area contributed by atoms with Crippen LogP contribution in [0.15, 0.2) is 17.0 Å². The van der Waals surface area contributed by atoms with E-state index in [1.54, 1.807) is 0 Å². The van der Waals surface area contributed by atoms with E-state index in [9.17, 15) is 17.2 Å². The molecule has 0 unspecified atom stereocenters. The minimum atomic E-state index is -3.73. The molecule has 0 bridgehead atoms. The maximum absolute atomic E-state index is 12.2. The minimum absolute atomic E-state index is 0.0903. The highest BCUT2D eigenvalue weighted by molar-refractivity contribution is 7.90. The monoisotopic (exact) mass is 285 g/mol. The highest BCUT2D eigenvalue weighted by atomic mass is 35.5. The van der Waals surface area contributed by atoms with E-state index < -0.39 is 27.1 Å². The Labute approximate surface area is 102 Å². The van der Waals surface area contributed by atoms with E-state index in [0.29, 0.717) is 0 Å². The van der Waals surface area contributed by atoms with Crippen molar-refractivity contribution in [2.75, 3.05) is 6.26 Å². The molecule has 2 N–H and O–H groups in total. The molecule has 17 heavy (non-hydrogen) atoms. The van der Waals surface area contributed by atoms with E-state index >= 15 is 0 Å². The first-order valence-electron chi connectivity index (χ1n) is 4.43. The van der Waals surface area contributed by atoms with E-state index in [2.05, 4.69) is 4.74 Å². The fraction of sp³-hybridized carbons (Fsp3) is 0.333. The SMILES string of the molecule is CS(=O)(=O)c1cc(Cl)cc(CN)c1OC(F)F. The molecule has 4 nitrogen and oxygen atoms in total. The molecule has 0 spiro atoms. The number of alkyl halides is 2. The fourth-order valence-electron chi connectivity index (χ4n) is 1.27. The van der Waals surface area contributed by atoms with E-state index in [0.717, 1.165) is 12.3 Å². The predicted octanol–water partition coefficient (Wildman–Crippen LogP) is 1.80. The summed E-state index contributed by atoms with van der Waals surface area (Å²) >= 11 is 5.68. The van der Waals surface area contributed by atoms with Gasteiger partial charge in [-0.2, -0.15) is 8.78 Å². The van der Waals surface area contributed by atoms with Gasteiger partial charge in [0.1, 0.15) is 10.6 Å². The predicted molar refractivity (Wildman–Crippen MR) is 59.1 cm³/mol. The van der Waals surface area contributed by atoms with Crippen LogP contribution in [0.25, 0.3) is 0 Å². The molecule has 0 fully saturated rings. The van der Waals surface area contributed by atoms with Crippen LogP contribution < -0.4 is 10.5 Å². The van der Waals surface area contributed by atoms with Crippen LogP contribution in [0.5, 0.6) is 5.75 Å². The van der Waals surface area contributed by atoms with Crippen LogP contribution in [-0.4, -0.2) is 21.3 Å². The zero-order valence-electron chi connectivity index (χ0n) is 8.78. The van der Waals surface area contributed by atoms with Gasteiger partial charge in [0, 0.05) is 23.4 Å². The summed E-state index contributed by atoms with van der Waals surface area (Å²) < 4.78 is 51.5. The van der Waals surface area contributed by atoms with Crippen molar-refractivity contribution in [1.82, 2.24) is 0 Å². The van der Waals surface area contributed by atoms with Gasteiger partial charge in [0.05, 0.1) is 0 Å². The van der Waals surface area contributed by atoms with Crippen LogP contribution in [0.1, 0.15) is 5.56 Å². The Morgan fingerprint density at radius 2 is 2.06 bits per heavy atom. The molecule has 0 aliphatic heterocycles. The molecule has 0 aromatic heterocycles. The van der Waals surface area contributed by atoms with E-state index in [1.165, 1.54) is 6.07 Å². The summed E-state index contributed by atoms with van der Waals surface area (Å²) in [5, 5.41) is 0.0903. The van der Waals surface area contributed by atoms with E-state index in [4.69, 9.17) is 17.3 Å². The van der Waals surface area contributed by atoms with E-state index in [-0.39, 0.29) is 17.1 Å². The summed E-state index contributed by atoms with van der Waals surface area (Å²) in [5.41, 5.74) is 5.44. The number of nitrogens with two attached hydrogens (primary N) is 1. The van der Waals surface area contributed by atoms with Gasteiger partial charge in [0.2, 0.25) is 0 Å². The third-order valence-electron chi connectivity index (χ3n) is 1.92. The highest BCUT2D eigenvalue weighted by Gasteiger charge is 2.21. The third kappa shape index (κ3) is 3.52. The Balaban J connectivity index is 3.50. The largest absolute Gasteiger partial charge is 0.433 e. The van der Waals surface area contributed by atoms with Crippen molar-refractivity contribution in [2.45, 2.75) is 18.1 Å². The van der Waals surface area contributed by atoms with Crippen LogP contribution in [0.2, 0.25) is 5.02 Å². The van der Waals surface area contributed by atoms with Crippen molar-refractivity contribution < 1.29 is 21.9 Å². The maximum atomic E-state index is 12.2. The average Bonchev–Trinajstić information content (AvgIpc) is 2.17. The van der Waals surface area contributed by atoms with Crippen molar-refractivity contribution >= 4 is 21.4 Å². The second-order valence-electron chi connectivity index (χ2n) is 3.25. The molecular weight excluding hydrogens is 276 g/mol. The molecule has 0 atom stereocenters. The molecule has 1 aromatic rings. The summed E-state index contributed by atoms with van der Waals surface area (Å²) in [6.07, 6.45) is 0.872. The Morgan fingerprint density at radius 1 is 1.47 bits per heavy atom. The lowest BCUT2D eigenvalue weighted by Gasteiger charge is -2.14. The number of hydrogen-bond donors (Lipinski definition) is 1. The van der Waals surface area contributed by atoms with Gasteiger partial charge in [-0.15, -0.1) is 0 Å². The maximum Gasteiger partial charge on any atom is 0.387 e. The molecule has 0 saturated heterocycles. The molecule has 0 aliphatic rings. The first kappa shape index (κ1) is 14.1. The van der Waals surface area contributed by atoms with Gasteiger partial charge in [-0.3, -0.25) is 0 Å². The second kappa shape index (κ2) is 5.16. The summed E-state index contributed by atoms with van der Waals surface area (Å²) in [4.78, 5) is -0.397. The van der Waals surface area contributed by atoms with Gasteiger partial charge in [-0.25, -0.2) is 8.42 Å². The quantitative estimate of drug-likeness (QED) is 0.916. The molecule has 0 aliphatic carbocycles. The Bertz CT molecular complexity index is 519. The van der Waals surface area contributed by atoms with Crippen molar-refractivity contribution in [1.29, 1.82) is 0 Å². The van der Waals surface area contributed by atoms with Gasteiger partial charge in [0.15, 0.2) is 9.84 Å². The summed E-state index contributed by atoms with van der Waals surface area (Å²) in [5.74, 6) is -0.450. The topological polar surface area (TPSA) is 69.4 Å². The van der Waals surface area contributed by atoms with Crippen molar-refractivity contribution in [3.8, 4) is 5.75 Å². The van der Waals surface area contributed by atoms with Crippen LogP contribution >= 0.6 is 11.6 Å². The Hall–Kier alpha value is -0.920. The average molecular weight is 286 g/mol. The van der Waals surface area contributed by atoms with Gasteiger partial charge in [0.25, 0.3) is 0 Å². The summed E-state index contributed by atoms with van der Waals surface area (Å²) in [7, 11) is -3.73. The normalized spacial score (nSPS) is 11.9. The Morgan fingerprint density at radius 3 is 2.47 bits per heavy atom. The van der Waals surface area contributed by atoms with Crippen LogP contribution in [0.3, 0.4) is 0 Å². The van der Waals surface area contributed by atoms with Crippen molar-refractivity contribution in [2.24, 2.45) is 5.73 Å². The smallest absolute Gasteiger partial charge is 0.387 e. The fourth-order valence-corrected chi connectivity index (χ4v) is 2.44. The molecule has 1 rings (SSSR count). The molecule has 1 aromatic carbocycles. The highest BCUT2D eigenvalue weighted by Crippen LogP contribution is 2.32. The zero-order valence-corrected chi connectivity index (χ0v) is 10.4. The number of benzene rings is 1. The number of hydrogen-bond acceptors (Lipinski definition) is 4. The first-order valence-corrected chi connectivity index (χ1v) is 6.70. The van der Waals surface area contributed by atoms with Crippen LogP contribution in [0.4, 0.5) is 8.78 Å². The van der Waals surface area contributed by atoms with Crippen LogP contribution in [-0.2, 0) is 16.4 Å². The van der Waals surface area contributed by atoms with Crippen molar-refractivity contribution in [3.05, 3.63) is 22.7 Å². The lowest BCUT2D eigenvalue weighted by molar-refractivity contribution is -0.0523. The molecule has 8 heteroatoms. The van der Waals surface area contributed by atoms with Gasteiger partial charge < -0.3 is 10.5 Å². The van der Waals surface area contributed by atoms with Gasteiger partial charge >= 0.3 is 6.61 Å². The minimum Gasteiger partial charge on any atom is -0.433 e. The molecule has 0 radical (unpaired) electrons. The molecule has 0 amide bonds. The first-order chi connectivity index (χ1) is 7.75. The van der Waals surface area contributed by atoms with Gasteiger partial charge in [-0.05, 0) is 12.1 Å². The number of rotatable bonds is 4. The number of ether oxygens (including phenoxy) is 1. The van der Waals surface area contributed by atoms with Gasteiger partial charge in [-0.1, -0.05) is 11.6 Å². The van der Waals surface area contributed by atoms with Crippen LogP contribution in [0, 0.1) is 0 Å². The van der Waals surface area contributed by atoms with Crippen molar-refractivity contribution in [3.63, 3.8) is 0 Å². The lowest BCUT2D eigenvalue weighted by atomic mass is 10.2. The standard InChI is InChI=1S/C9H10ClF2NO3S/c1-17(14,15)7-3-6(10)2-5(4-13)8(7)16-9(11)12/h2-3,9H,4,13H2,1H3. The molecule has 0 heterocycles. The summed E-state index contributed by atoms with van der Waals surface area (Å²) in [6, 6.07) is 2.34. The number of sulfone groups is 1.